The third-order valence-corrected chi connectivity index (χ3v) is 3.05. The minimum absolute atomic E-state index is 0.00372. The van der Waals surface area contributed by atoms with Crippen molar-refractivity contribution in [2.24, 2.45) is 0 Å². The topological polar surface area (TPSA) is 61.8 Å². The molecule has 0 bridgehead atoms. The molecule has 1 aromatic rings. The molecule has 0 aliphatic carbocycles. The van der Waals surface area contributed by atoms with Crippen LogP contribution < -0.4 is 10.1 Å². The lowest BCUT2D eigenvalue weighted by molar-refractivity contribution is -0.128. The molecule has 2 N–H and O–H groups in total. The Kier molecular flexibility index (Phi) is 5.92. The van der Waals surface area contributed by atoms with Gasteiger partial charge in [-0.1, -0.05) is 11.6 Å². The van der Waals surface area contributed by atoms with Gasteiger partial charge >= 0.3 is 0 Å². The number of ether oxygens (including phenoxy) is 1. The molecule has 0 aliphatic rings. The molecule has 0 aliphatic heterocycles. The number of rotatable bonds is 6. The fourth-order valence-electron chi connectivity index (χ4n) is 1.53. The van der Waals surface area contributed by atoms with Crippen molar-refractivity contribution in [3.05, 3.63) is 22.7 Å². The largest absolute Gasteiger partial charge is 0.504 e. The van der Waals surface area contributed by atoms with Gasteiger partial charge in [-0.3, -0.25) is 4.79 Å². The molecule has 6 heteroatoms. The number of carbonyl (C=O) groups is 1. The van der Waals surface area contributed by atoms with Crippen LogP contribution in [0.15, 0.2) is 12.1 Å². The quantitative estimate of drug-likeness (QED) is 0.834. The van der Waals surface area contributed by atoms with Gasteiger partial charge in [0.05, 0.1) is 13.7 Å². The summed E-state index contributed by atoms with van der Waals surface area (Å²) in [5, 5.41) is 13.4. The van der Waals surface area contributed by atoms with Crippen LogP contribution in [0.1, 0.15) is 12.5 Å². The number of carbonyl (C=O) groups excluding carboxylic acids is 1. The first-order chi connectivity index (χ1) is 8.99. The van der Waals surface area contributed by atoms with Gasteiger partial charge in [-0.2, -0.15) is 0 Å². The highest BCUT2D eigenvalue weighted by Gasteiger charge is 2.11. The number of likely N-dealkylation sites (N-methyl/N-ethyl adjacent to an activating group) is 1. The number of hydrogen-bond acceptors (Lipinski definition) is 4. The highest BCUT2D eigenvalue weighted by atomic mass is 35.5. The van der Waals surface area contributed by atoms with E-state index in [0.717, 1.165) is 0 Å². The maximum absolute atomic E-state index is 11.6. The minimum atomic E-state index is -0.00372. The standard InChI is InChI=1S/C13H19ClN2O3/c1-4-16(2)12(17)8-15-7-9-5-10(14)6-11(19-3)13(9)18/h5-6,15,18H,4,7-8H2,1-3H3. The van der Waals surface area contributed by atoms with Crippen LogP contribution in [0.25, 0.3) is 0 Å². The molecule has 5 nitrogen and oxygen atoms in total. The first-order valence-corrected chi connectivity index (χ1v) is 6.37. The lowest BCUT2D eigenvalue weighted by Gasteiger charge is -2.15. The molecule has 0 heterocycles. The zero-order chi connectivity index (χ0) is 14.4. The smallest absolute Gasteiger partial charge is 0.236 e. The lowest BCUT2D eigenvalue weighted by atomic mass is 10.2. The fraction of sp³-hybridized carbons (Fsp3) is 0.462. The van der Waals surface area contributed by atoms with Crippen LogP contribution in [-0.2, 0) is 11.3 Å². The Morgan fingerprint density at radius 1 is 1.53 bits per heavy atom. The lowest BCUT2D eigenvalue weighted by Crippen LogP contribution is -2.35. The Labute approximate surface area is 118 Å². The highest BCUT2D eigenvalue weighted by Crippen LogP contribution is 2.33. The SMILES string of the molecule is CCN(C)C(=O)CNCc1cc(Cl)cc(OC)c1O. The molecule has 0 saturated heterocycles. The van der Waals surface area contributed by atoms with E-state index in [1.165, 1.54) is 13.2 Å². The summed E-state index contributed by atoms with van der Waals surface area (Å²) in [5.74, 6) is 0.355. The first-order valence-electron chi connectivity index (χ1n) is 5.99. The fourth-order valence-corrected chi connectivity index (χ4v) is 1.76. The summed E-state index contributed by atoms with van der Waals surface area (Å²) in [6.07, 6.45) is 0. The molecule has 19 heavy (non-hydrogen) atoms. The van der Waals surface area contributed by atoms with Crippen LogP contribution in [0.4, 0.5) is 0 Å². The summed E-state index contributed by atoms with van der Waals surface area (Å²) >= 11 is 5.92. The van der Waals surface area contributed by atoms with Crippen molar-refractivity contribution >= 4 is 17.5 Å². The van der Waals surface area contributed by atoms with Gasteiger partial charge in [0.25, 0.3) is 0 Å². The van der Waals surface area contributed by atoms with E-state index in [9.17, 15) is 9.90 Å². The van der Waals surface area contributed by atoms with E-state index in [-0.39, 0.29) is 18.2 Å². The molecule has 1 amide bonds. The second-order valence-corrected chi connectivity index (χ2v) is 4.56. The van der Waals surface area contributed by atoms with E-state index in [2.05, 4.69) is 5.32 Å². The molecule has 0 saturated carbocycles. The van der Waals surface area contributed by atoms with Gasteiger partial charge in [0.15, 0.2) is 11.5 Å². The molecule has 0 aromatic heterocycles. The van der Waals surface area contributed by atoms with E-state index in [1.807, 2.05) is 6.92 Å². The van der Waals surface area contributed by atoms with Crippen molar-refractivity contribution < 1.29 is 14.6 Å². The molecule has 0 radical (unpaired) electrons. The minimum Gasteiger partial charge on any atom is -0.504 e. The van der Waals surface area contributed by atoms with E-state index >= 15 is 0 Å². The highest BCUT2D eigenvalue weighted by molar-refractivity contribution is 6.30. The Balaban J connectivity index is 2.63. The molecule has 106 valence electrons. The third-order valence-electron chi connectivity index (χ3n) is 2.83. The van der Waals surface area contributed by atoms with Gasteiger partial charge in [0.1, 0.15) is 0 Å². The molecule has 0 fully saturated rings. The van der Waals surface area contributed by atoms with Crippen molar-refractivity contribution in [3.8, 4) is 11.5 Å². The monoisotopic (exact) mass is 286 g/mol. The van der Waals surface area contributed by atoms with Crippen molar-refractivity contribution in [1.29, 1.82) is 0 Å². The number of amides is 1. The van der Waals surface area contributed by atoms with Gasteiger partial charge < -0.3 is 20.1 Å². The van der Waals surface area contributed by atoms with Crippen LogP contribution in [0.2, 0.25) is 5.02 Å². The molecule has 0 atom stereocenters. The van der Waals surface area contributed by atoms with Crippen LogP contribution in [0.3, 0.4) is 0 Å². The first kappa shape index (κ1) is 15.6. The average molecular weight is 287 g/mol. The third kappa shape index (κ3) is 4.29. The maximum Gasteiger partial charge on any atom is 0.236 e. The van der Waals surface area contributed by atoms with Crippen molar-refractivity contribution in [1.82, 2.24) is 10.2 Å². The summed E-state index contributed by atoms with van der Waals surface area (Å²) < 4.78 is 5.01. The van der Waals surface area contributed by atoms with E-state index in [0.29, 0.717) is 29.4 Å². The normalized spacial score (nSPS) is 10.3. The number of aromatic hydroxyl groups is 1. The summed E-state index contributed by atoms with van der Waals surface area (Å²) in [6, 6.07) is 3.18. The van der Waals surface area contributed by atoms with Gasteiger partial charge in [0, 0.05) is 36.8 Å². The van der Waals surface area contributed by atoms with Crippen LogP contribution in [-0.4, -0.2) is 43.2 Å². The van der Waals surface area contributed by atoms with Crippen molar-refractivity contribution in [3.63, 3.8) is 0 Å². The number of nitrogens with zero attached hydrogens (tertiary/aromatic N) is 1. The number of halogens is 1. The summed E-state index contributed by atoms with van der Waals surface area (Å²) in [5.41, 5.74) is 0.594. The van der Waals surface area contributed by atoms with Crippen LogP contribution >= 0.6 is 11.6 Å². The number of phenolic OH excluding ortho intramolecular Hbond substituents is 1. The second kappa shape index (κ2) is 7.21. The number of phenols is 1. The molecule has 1 aromatic carbocycles. The average Bonchev–Trinajstić information content (AvgIpc) is 2.40. The maximum atomic E-state index is 11.6. The number of benzene rings is 1. The molecule has 1 rings (SSSR count). The van der Waals surface area contributed by atoms with E-state index < -0.39 is 0 Å². The number of nitrogens with one attached hydrogen (secondary N) is 1. The predicted molar refractivity (Wildman–Crippen MR) is 74.7 cm³/mol. The molecular formula is C13H19ClN2O3. The Morgan fingerprint density at radius 2 is 2.21 bits per heavy atom. The van der Waals surface area contributed by atoms with Gasteiger partial charge in [-0.05, 0) is 13.0 Å². The van der Waals surface area contributed by atoms with E-state index in [1.54, 1.807) is 18.0 Å². The zero-order valence-corrected chi connectivity index (χ0v) is 12.1. The summed E-state index contributed by atoms with van der Waals surface area (Å²) in [6.45, 7) is 3.12. The van der Waals surface area contributed by atoms with Crippen molar-refractivity contribution in [2.45, 2.75) is 13.5 Å². The Morgan fingerprint density at radius 3 is 2.79 bits per heavy atom. The van der Waals surface area contributed by atoms with Gasteiger partial charge in [-0.25, -0.2) is 0 Å². The Bertz CT molecular complexity index is 452. The van der Waals surface area contributed by atoms with Crippen molar-refractivity contribution in [2.75, 3.05) is 27.2 Å². The summed E-state index contributed by atoms with van der Waals surface area (Å²) in [4.78, 5) is 13.2. The van der Waals surface area contributed by atoms with Gasteiger partial charge in [-0.15, -0.1) is 0 Å². The van der Waals surface area contributed by atoms with E-state index in [4.69, 9.17) is 16.3 Å². The molecular weight excluding hydrogens is 268 g/mol. The second-order valence-electron chi connectivity index (χ2n) is 4.13. The molecule has 0 spiro atoms. The zero-order valence-electron chi connectivity index (χ0n) is 11.4. The number of hydrogen-bond donors (Lipinski definition) is 2. The van der Waals surface area contributed by atoms with Crippen LogP contribution in [0.5, 0.6) is 11.5 Å². The predicted octanol–water partition coefficient (Wildman–Crippen LogP) is 1.62. The number of methoxy groups -OCH3 is 1. The van der Waals surface area contributed by atoms with Gasteiger partial charge in [0.2, 0.25) is 5.91 Å². The Hall–Kier alpha value is -1.46. The van der Waals surface area contributed by atoms with Crippen LogP contribution in [0, 0.1) is 0 Å². The molecule has 0 unspecified atom stereocenters. The summed E-state index contributed by atoms with van der Waals surface area (Å²) in [7, 11) is 3.20.